The van der Waals surface area contributed by atoms with Crippen LogP contribution in [0.25, 0.3) is 10.9 Å². The van der Waals surface area contributed by atoms with Gasteiger partial charge in [-0.1, -0.05) is 15.9 Å². The molecule has 6 nitrogen and oxygen atoms in total. The molecule has 0 aliphatic carbocycles. The number of nitrogens with zero attached hydrogens (tertiary/aromatic N) is 2. The molecular weight excluding hydrogens is 362 g/mol. The van der Waals surface area contributed by atoms with E-state index in [4.69, 9.17) is 9.47 Å². The fourth-order valence-electron chi connectivity index (χ4n) is 2.59. The molecule has 1 N–H and O–H groups in total. The molecule has 1 aromatic carbocycles. The van der Waals surface area contributed by atoms with Crippen LogP contribution in [0.2, 0.25) is 0 Å². The summed E-state index contributed by atoms with van der Waals surface area (Å²) in [4.78, 5) is 20.1. The summed E-state index contributed by atoms with van der Waals surface area (Å²) in [5.41, 5.74) is 1.49. The summed E-state index contributed by atoms with van der Waals surface area (Å²) in [5.74, 6) is 0.785. The van der Waals surface area contributed by atoms with Gasteiger partial charge >= 0.3 is 0 Å². The summed E-state index contributed by atoms with van der Waals surface area (Å²) in [5, 5.41) is 3.53. The van der Waals surface area contributed by atoms with Crippen LogP contribution >= 0.6 is 15.9 Å². The second-order valence-corrected chi connectivity index (χ2v) is 6.46. The Balaban J connectivity index is 2.03. The van der Waals surface area contributed by atoms with Crippen LogP contribution in [0.4, 0.5) is 5.95 Å². The van der Waals surface area contributed by atoms with Crippen LogP contribution in [-0.2, 0) is 9.53 Å². The Morgan fingerprint density at radius 1 is 1.35 bits per heavy atom. The Morgan fingerprint density at radius 2 is 2.09 bits per heavy atom. The van der Waals surface area contributed by atoms with E-state index >= 15 is 0 Å². The molecule has 0 saturated carbocycles. The van der Waals surface area contributed by atoms with Gasteiger partial charge in [0.2, 0.25) is 11.9 Å². The summed E-state index contributed by atoms with van der Waals surface area (Å²) in [6, 6.07) is 3.86. The monoisotopic (exact) mass is 379 g/mol. The highest BCUT2D eigenvalue weighted by molar-refractivity contribution is 9.10. The molecule has 1 amide bonds. The predicted octanol–water partition coefficient (Wildman–Crippen LogP) is 3.22. The number of hydrogen-bond donors (Lipinski definition) is 1. The lowest BCUT2D eigenvalue weighted by atomic mass is 10.1. The van der Waals surface area contributed by atoms with E-state index in [0.717, 1.165) is 28.4 Å². The van der Waals surface area contributed by atoms with E-state index in [1.54, 1.807) is 0 Å². The van der Waals surface area contributed by atoms with Crippen molar-refractivity contribution in [3.8, 4) is 5.75 Å². The van der Waals surface area contributed by atoms with Crippen LogP contribution in [0.5, 0.6) is 5.75 Å². The molecule has 1 saturated heterocycles. The molecule has 122 valence electrons. The van der Waals surface area contributed by atoms with Crippen LogP contribution in [0, 0.1) is 6.92 Å². The number of halogens is 1. The van der Waals surface area contributed by atoms with Crippen LogP contribution in [0.15, 0.2) is 16.6 Å². The van der Waals surface area contributed by atoms with Gasteiger partial charge in [0, 0.05) is 29.6 Å². The van der Waals surface area contributed by atoms with Gasteiger partial charge in [-0.2, -0.15) is 0 Å². The van der Waals surface area contributed by atoms with Crippen molar-refractivity contribution in [2.45, 2.75) is 32.8 Å². The van der Waals surface area contributed by atoms with Crippen molar-refractivity contribution in [2.24, 2.45) is 0 Å². The maximum Gasteiger partial charge on any atom is 0.230 e. The number of carbonyl (C=O) groups excluding carboxylic acids is 1. The van der Waals surface area contributed by atoms with Crippen molar-refractivity contribution in [3.05, 3.63) is 22.3 Å². The highest BCUT2D eigenvalue weighted by Gasteiger charge is 2.18. The molecule has 2 heterocycles. The first-order valence-corrected chi connectivity index (χ1v) is 8.32. The van der Waals surface area contributed by atoms with Crippen molar-refractivity contribution >= 4 is 38.7 Å². The summed E-state index contributed by atoms with van der Waals surface area (Å²) in [7, 11) is 0. The van der Waals surface area contributed by atoms with Gasteiger partial charge in [-0.25, -0.2) is 9.97 Å². The van der Waals surface area contributed by atoms with E-state index in [-0.39, 0.29) is 12.0 Å². The van der Waals surface area contributed by atoms with Gasteiger partial charge in [0.05, 0.1) is 18.9 Å². The third-order valence-electron chi connectivity index (χ3n) is 3.67. The topological polar surface area (TPSA) is 73.3 Å². The second-order valence-electron chi connectivity index (χ2n) is 5.54. The lowest BCUT2D eigenvalue weighted by molar-refractivity contribution is -0.114. The Morgan fingerprint density at radius 3 is 2.78 bits per heavy atom. The maximum absolute atomic E-state index is 11.3. The fourth-order valence-corrected chi connectivity index (χ4v) is 3.03. The third-order valence-corrected chi connectivity index (χ3v) is 4.13. The molecule has 0 atom stereocenters. The molecule has 0 unspecified atom stereocenters. The van der Waals surface area contributed by atoms with E-state index in [9.17, 15) is 4.79 Å². The number of benzene rings is 1. The van der Waals surface area contributed by atoms with E-state index in [1.165, 1.54) is 6.92 Å². The lowest BCUT2D eigenvalue weighted by Gasteiger charge is -2.24. The molecular formula is C16H18BrN3O3. The van der Waals surface area contributed by atoms with Crippen LogP contribution in [-0.4, -0.2) is 35.2 Å². The van der Waals surface area contributed by atoms with Gasteiger partial charge in [-0.3, -0.25) is 10.1 Å². The number of nitrogens with one attached hydrogen (secondary N) is 1. The predicted molar refractivity (Wildman–Crippen MR) is 90.7 cm³/mol. The zero-order valence-corrected chi connectivity index (χ0v) is 14.6. The lowest BCUT2D eigenvalue weighted by Crippen LogP contribution is -2.26. The van der Waals surface area contributed by atoms with Crippen molar-refractivity contribution in [1.82, 2.24) is 9.97 Å². The van der Waals surface area contributed by atoms with E-state index in [1.807, 2.05) is 19.1 Å². The molecule has 7 heteroatoms. The SMILES string of the molecule is CC(=O)Nc1nc(C)c2cc(Br)cc(OC3CCOCC3)c2n1. The van der Waals surface area contributed by atoms with E-state index in [0.29, 0.717) is 30.4 Å². The van der Waals surface area contributed by atoms with Gasteiger partial charge in [0.15, 0.2) is 0 Å². The average molecular weight is 380 g/mol. The average Bonchev–Trinajstić information content (AvgIpc) is 2.49. The van der Waals surface area contributed by atoms with Crippen molar-refractivity contribution in [1.29, 1.82) is 0 Å². The fraction of sp³-hybridized carbons (Fsp3) is 0.438. The van der Waals surface area contributed by atoms with Gasteiger partial charge in [0.25, 0.3) is 0 Å². The molecule has 3 rings (SSSR count). The maximum atomic E-state index is 11.3. The summed E-state index contributed by atoms with van der Waals surface area (Å²) in [6.45, 7) is 4.74. The largest absolute Gasteiger partial charge is 0.488 e. The molecule has 0 radical (unpaired) electrons. The molecule has 1 aliphatic heterocycles. The van der Waals surface area contributed by atoms with Gasteiger partial charge in [0.1, 0.15) is 17.4 Å². The molecule has 2 aromatic rings. The zero-order valence-electron chi connectivity index (χ0n) is 13.1. The number of aryl methyl sites for hydroxylation is 1. The van der Waals surface area contributed by atoms with Crippen molar-refractivity contribution < 1.29 is 14.3 Å². The number of aromatic nitrogens is 2. The van der Waals surface area contributed by atoms with Gasteiger partial charge in [-0.15, -0.1) is 0 Å². The minimum atomic E-state index is -0.201. The van der Waals surface area contributed by atoms with E-state index in [2.05, 4.69) is 31.2 Å². The number of anilines is 1. The minimum absolute atomic E-state index is 0.112. The first-order valence-electron chi connectivity index (χ1n) is 7.53. The molecule has 23 heavy (non-hydrogen) atoms. The van der Waals surface area contributed by atoms with Crippen LogP contribution < -0.4 is 10.1 Å². The number of hydrogen-bond acceptors (Lipinski definition) is 5. The van der Waals surface area contributed by atoms with Gasteiger partial charge < -0.3 is 9.47 Å². The molecule has 1 aromatic heterocycles. The van der Waals surface area contributed by atoms with Crippen LogP contribution in [0.1, 0.15) is 25.5 Å². The smallest absolute Gasteiger partial charge is 0.230 e. The third kappa shape index (κ3) is 3.79. The number of carbonyl (C=O) groups is 1. The number of rotatable bonds is 3. The summed E-state index contributed by atoms with van der Waals surface area (Å²) in [6.07, 6.45) is 1.83. The minimum Gasteiger partial charge on any atom is -0.488 e. The highest BCUT2D eigenvalue weighted by atomic mass is 79.9. The van der Waals surface area contributed by atoms with Crippen LogP contribution in [0.3, 0.4) is 0 Å². The van der Waals surface area contributed by atoms with Crippen molar-refractivity contribution in [3.63, 3.8) is 0 Å². The first kappa shape index (κ1) is 16.1. The molecule has 0 spiro atoms. The number of fused-ring (bicyclic) bond motifs is 1. The second kappa shape index (κ2) is 6.80. The number of amides is 1. The first-order chi connectivity index (χ1) is 11.0. The van der Waals surface area contributed by atoms with E-state index < -0.39 is 0 Å². The Labute approximate surface area is 142 Å². The highest BCUT2D eigenvalue weighted by Crippen LogP contribution is 2.32. The Kier molecular flexibility index (Phi) is 4.77. The Hall–Kier alpha value is -1.73. The quantitative estimate of drug-likeness (QED) is 0.885. The molecule has 1 aliphatic rings. The molecule has 0 bridgehead atoms. The van der Waals surface area contributed by atoms with Crippen molar-refractivity contribution in [2.75, 3.05) is 18.5 Å². The van der Waals surface area contributed by atoms with Gasteiger partial charge in [-0.05, 0) is 19.1 Å². The summed E-state index contributed by atoms with van der Waals surface area (Å²) >= 11 is 3.51. The number of ether oxygens (including phenoxy) is 2. The standard InChI is InChI=1S/C16H18BrN3O3/c1-9-13-7-11(17)8-14(23-12-3-5-22-6-4-12)15(13)20-16(18-9)19-10(2)21/h7-8,12H,3-6H2,1-2H3,(H,18,19,20,21). The Bertz CT molecular complexity index is 745. The molecule has 1 fully saturated rings. The summed E-state index contributed by atoms with van der Waals surface area (Å²) < 4.78 is 12.4. The normalized spacial score (nSPS) is 15.6. The zero-order chi connectivity index (χ0) is 16.4.